The van der Waals surface area contributed by atoms with Crippen molar-refractivity contribution in [1.82, 2.24) is 5.32 Å². The van der Waals surface area contributed by atoms with E-state index in [4.69, 9.17) is 4.74 Å². The van der Waals surface area contributed by atoms with Crippen molar-refractivity contribution < 1.29 is 14.6 Å². The number of aliphatic hydroxyl groups is 1. The van der Waals surface area contributed by atoms with Crippen LogP contribution in [0.1, 0.15) is 44.0 Å². The molecule has 0 aliphatic heterocycles. The molecule has 0 fully saturated rings. The average Bonchev–Trinajstić information content (AvgIpc) is 2.50. The number of benzene rings is 1. The van der Waals surface area contributed by atoms with Crippen LogP contribution in [0.15, 0.2) is 24.3 Å². The Morgan fingerprint density at radius 2 is 1.90 bits per heavy atom. The second kappa shape index (κ2) is 7.90. The molecule has 1 aromatic carbocycles. The summed E-state index contributed by atoms with van der Waals surface area (Å²) >= 11 is 0. The molecule has 0 aromatic heterocycles. The van der Waals surface area contributed by atoms with Crippen LogP contribution < -0.4 is 10.1 Å². The molecule has 0 radical (unpaired) electrons. The van der Waals surface area contributed by atoms with E-state index in [1.807, 2.05) is 32.9 Å². The van der Waals surface area contributed by atoms with E-state index >= 15 is 0 Å². The van der Waals surface area contributed by atoms with Gasteiger partial charge in [0, 0.05) is 12.0 Å². The molecule has 20 heavy (non-hydrogen) atoms. The fraction of sp³-hybridized carbons (Fsp3) is 0.562. The van der Waals surface area contributed by atoms with Gasteiger partial charge in [-0.05, 0) is 31.9 Å². The number of hydrogen-bond acceptors (Lipinski definition) is 3. The van der Waals surface area contributed by atoms with Crippen LogP contribution in [0, 0.1) is 5.41 Å². The monoisotopic (exact) mass is 279 g/mol. The molecule has 2 N–H and O–H groups in total. The molecular formula is C16H25NO3. The van der Waals surface area contributed by atoms with Crippen LogP contribution in [-0.2, 0) is 0 Å². The van der Waals surface area contributed by atoms with Gasteiger partial charge in [-0.25, -0.2) is 0 Å². The SMILES string of the molecule is CCOc1ccccc1C(=O)NCC(CC)(CC)CO. The molecule has 0 saturated carbocycles. The Morgan fingerprint density at radius 3 is 2.45 bits per heavy atom. The molecule has 4 heteroatoms. The number of ether oxygens (including phenoxy) is 1. The second-order valence-electron chi connectivity index (χ2n) is 4.98. The normalized spacial score (nSPS) is 11.2. The molecule has 0 unspecified atom stereocenters. The van der Waals surface area contributed by atoms with Gasteiger partial charge >= 0.3 is 0 Å². The first-order valence-corrected chi connectivity index (χ1v) is 7.23. The Morgan fingerprint density at radius 1 is 1.25 bits per heavy atom. The van der Waals surface area contributed by atoms with Gasteiger partial charge in [-0.3, -0.25) is 4.79 Å². The molecule has 1 rings (SSSR count). The predicted octanol–water partition coefficient (Wildman–Crippen LogP) is 2.61. The van der Waals surface area contributed by atoms with Gasteiger partial charge in [0.1, 0.15) is 5.75 Å². The Labute approximate surface area is 121 Å². The minimum Gasteiger partial charge on any atom is -0.493 e. The van der Waals surface area contributed by atoms with Crippen molar-refractivity contribution in [3.05, 3.63) is 29.8 Å². The Hall–Kier alpha value is -1.55. The Bertz CT molecular complexity index is 419. The van der Waals surface area contributed by atoms with Crippen molar-refractivity contribution in [3.63, 3.8) is 0 Å². The lowest BCUT2D eigenvalue weighted by molar-refractivity contribution is 0.0848. The van der Waals surface area contributed by atoms with Crippen LogP contribution in [0.5, 0.6) is 5.75 Å². The van der Waals surface area contributed by atoms with E-state index in [-0.39, 0.29) is 17.9 Å². The summed E-state index contributed by atoms with van der Waals surface area (Å²) in [5.74, 6) is 0.434. The van der Waals surface area contributed by atoms with Crippen molar-refractivity contribution in [3.8, 4) is 5.75 Å². The van der Waals surface area contributed by atoms with Crippen LogP contribution in [0.25, 0.3) is 0 Å². The fourth-order valence-electron chi connectivity index (χ4n) is 2.08. The summed E-state index contributed by atoms with van der Waals surface area (Å²) in [4.78, 5) is 12.3. The Kier molecular flexibility index (Phi) is 6.52. The first-order chi connectivity index (χ1) is 9.62. The smallest absolute Gasteiger partial charge is 0.255 e. The molecule has 0 saturated heterocycles. The standard InChI is InChI=1S/C16H25NO3/c1-4-16(5-2,12-18)11-17-15(19)13-9-7-8-10-14(13)20-6-3/h7-10,18H,4-6,11-12H2,1-3H3,(H,17,19). The van der Waals surface area contributed by atoms with Gasteiger partial charge < -0.3 is 15.2 Å². The quantitative estimate of drug-likeness (QED) is 0.769. The highest BCUT2D eigenvalue weighted by Crippen LogP contribution is 2.25. The lowest BCUT2D eigenvalue weighted by Crippen LogP contribution is -2.39. The van der Waals surface area contributed by atoms with Crippen molar-refractivity contribution in [2.24, 2.45) is 5.41 Å². The zero-order valence-electron chi connectivity index (χ0n) is 12.6. The number of para-hydroxylation sites is 1. The summed E-state index contributed by atoms with van der Waals surface area (Å²) in [5.41, 5.74) is 0.296. The summed E-state index contributed by atoms with van der Waals surface area (Å²) in [7, 11) is 0. The van der Waals surface area contributed by atoms with Gasteiger partial charge in [0.05, 0.1) is 18.8 Å². The highest BCUT2D eigenvalue weighted by molar-refractivity contribution is 5.96. The molecule has 0 aliphatic rings. The third-order valence-corrected chi connectivity index (χ3v) is 3.89. The molecule has 0 bridgehead atoms. The van der Waals surface area contributed by atoms with Crippen LogP contribution in [-0.4, -0.2) is 30.8 Å². The molecule has 0 heterocycles. The summed E-state index contributed by atoms with van der Waals surface area (Å²) in [6.45, 7) is 7.01. The number of carbonyl (C=O) groups is 1. The van der Waals surface area contributed by atoms with Crippen LogP contribution in [0.2, 0.25) is 0 Å². The number of amides is 1. The minimum atomic E-state index is -0.240. The lowest BCUT2D eigenvalue weighted by Gasteiger charge is -2.29. The van der Waals surface area contributed by atoms with Crippen molar-refractivity contribution in [1.29, 1.82) is 0 Å². The van der Waals surface area contributed by atoms with E-state index in [1.54, 1.807) is 12.1 Å². The molecule has 1 aromatic rings. The molecule has 1 amide bonds. The zero-order valence-corrected chi connectivity index (χ0v) is 12.6. The van der Waals surface area contributed by atoms with Crippen LogP contribution >= 0.6 is 0 Å². The number of rotatable bonds is 8. The first-order valence-electron chi connectivity index (χ1n) is 7.23. The van der Waals surface area contributed by atoms with Gasteiger partial charge in [0.2, 0.25) is 0 Å². The van der Waals surface area contributed by atoms with Gasteiger partial charge in [-0.2, -0.15) is 0 Å². The maximum absolute atomic E-state index is 12.3. The Balaban J connectivity index is 2.76. The van der Waals surface area contributed by atoms with E-state index in [1.165, 1.54) is 0 Å². The molecule has 0 atom stereocenters. The average molecular weight is 279 g/mol. The maximum Gasteiger partial charge on any atom is 0.255 e. The summed E-state index contributed by atoms with van der Waals surface area (Å²) < 4.78 is 5.46. The number of hydrogen-bond donors (Lipinski definition) is 2. The maximum atomic E-state index is 12.3. The largest absolute Gasteiger partial charge is 0.493 e. The van der Waals surface area contributed by atoms with Gasteiger partial charge in [0.25, 0.3) is 5.91 Å². The minimum absolute atomic E-state index is 0.0768. The number of nitrogens with one attached hydrogen (secondary N) is 1. The van der Waals surface area contributed by atoms with Gasteiger partial charge in [-0.15, -0.1) is 0 Å². The summed E-state index contributed by atoms with van der Waals surface area (Å²) in [6, 6.07) is 7.20. The van der Waals surface area contributed by atoms with E-state index < -0.39 is 0 Å². The molecule has 112 valence electrons. The van der Waals surface area contributed by atoms with Gasteiger partial charge in [-0.1, -0.05) is 26.0 Å². The highest BCUT2D eigenvalue weighted by Gasteiger charge is 2.26. The molecule has 0 aliphatic carbocycles. The second-order valence-corrected chi connectivity index (χ2v) is 4.98. The molecule has 0 spiro atoms. The van der Waals surface area contributed by atoms with Crippen LogP contribution in [0.3, 0.4) is 0 Å². The summed E-state index contributed by atoms with van der Waals surface area (Å²) in [6.07, 6.45) is 1.65. The highest BCUT2D eigenvalue weighted by atomic mass is 16.5. The first kappa shape index (κ1) is 16.5. The number of aliphatic hydroxyl groups excluding tert-OH is 1. The molecule has 4 nitrogen and oxygen atoms in total. The predicted molar refractivity (Wildman–Crippen MR) is 80.0 cm³/mol. The van der Waals surface area contributed by atoms with Crippen molar-refractivity contribution in [2.45, 2.75) is 33.6 Å². The molecular weight excluding hydrogens is 254 g/mol. The fourth-order valence-corrected chi connectivity index (χ4v) is 2.08. The van der Waals surface area contributed by atoms with Crippen LogP contribution in [0.4, 0.5) is 0 Å². The third-order valence-electron chi connectivity index (χ3n) is 3.89. The third kappa shape index (κ3) is 3.97. The van der Waals surface area contributed by atoms with E-state index in [2.05, 4.69) is 5.32 Å². The number of carbonyl (C=O) groups excluding carboxylic acids is 1. The van der Waals surface area contributed by atoms with Crippen molar-refractivity contribution in [2.75, 3.05) is 19.8 Å². The zero-order chi connectivity index (χ0) is 15.0. The topological polar surface area (TPSA) is 58.6 Å². The lowest BCUT2D eigenvalue weighted by atomic mass is 9.83. The van der Waals surface area contributed by atoms with E-state index in [0.717, 1.165) is 12.8 Å². The van der Waals surface area contributed by atoms with Crippen molar-refractivity contribution >= 4 is 5.91 Å². The van der Waals surface area contributed by atoms with E-state index in [9.17, 15) is 9.90 Å². The summed E-state index contributed by atoms with van der Waals surface area (Å²) in [5, 5.41) is 12.4. The van der Waals surface area contributed by atoms with E-state index in [0.29, 0.717) is 24.5 Å². The van der Waals surface area contributed by atoms with Gasteiger partial charge in [0.15, 0.2) is 0 Å².